The molecule has 0 aliphatic rings. The van der Waals surface area contributed by atoms with Crippen LogP contribution in [0.5, 0.6) is 0 Å². The number of benzene rings is 1. The molecule has 0 spiro atoms. The maximum Gasteiger partial charge on any atom is 0.264 e. The van der Waals surface area contributed by atoms with E-state index in [1.54, 1.807) is 11.7 Å². The van der Waals surface area contributed by atoms with E-state index in [2.05, 4.69) is 16.1 Å². The Bertz CT molecular complexity index is 1090. The zero-order valence-electron chi connectivity index (χ0n) is 15.5. The molecule has 1 amide bonds. The van der Waals surface area contributed by atoms with E-state index in [1.165, 1.54) is 22.0 Å². The van der Waals surface area contributed by atoms with E-state index in [1.807, 2.05) is 32.0 Å². The smallest absolute Gasteiger partial charge is 0.264 e. The predicted octanol–water partition coefficient (Wildman–Crippen LogP) is 1.57. The number of aryl methyl sites for hydroxylation is 2. The minimum absolute atomic E-state index is 0.127. The molecule has 138 valence electrons. The molecule has 0 saturated heterocycles. The number of fused-ring (bicyclic) bond motifs is 1. The van der Waals surface area contributed by atoms with E-state index >= 15 is 0 Å². The molecule has 0 bridgehead atoms. The fourth-order valence-corrected chi connectivity index (χ4v) is 2.93. The van der Waals surface area contributed by atoms with Crippen LogP contribution >= 0.6 is 0 Å². The number of nitriles is 1. The molecule has 0 radical (unpaired) electrons. The average Bonchev–Trinajstić information content (AvgIpc) is 3.06. The Morgan fingerprint density at radius 1 is 1.26 bits per heavy atom. The van der Waals surface area contributed by atoms with Crippen molar-refractivity contribution < 1.29 is 4.79 Å². The van der Waals surface area contributed by atoms with Gasteiger partial charge in [-0.15, -0.1) is 0 Å². The molecule has 0 unspecified atom stereocenters. The predicted molar refractivity (Wildman–Crippen MR) is 100 cm³/mol. The molecule has 3 rings (SSSR count). The van der Waals surface area contributed by atoms with Crippen LogP contribution in [0.1, 0.15) is 17.5 Å². The molecule has 8 heteroatoms. The average molecular weight is 364 g/mol. The Balaban J connectivity index is 1.94. The van der Waals surface area contributed by atoms with Gasteiger partial charge in [0.05, 0.1) is 24.4 Å². The lowest BCUT2D eigenvalue weighted by Crippen LogP contribution is -2.34. The summed E-state index contributed by atoms with van der Waals surface area (Å²) in [6, 6.07) is 8.00. The second-order valence-corrected chi connectivity index (χ2v) is 6.54. The van der Waals surface area contributed by atoms with Crippen molar-refractivity contribution in [2.75, 3.05) is 13.6 Å². The number of carbonyl (C=O) groups is 1. The van der Waals surface area contributed by atoms with E-state index in [0.717, 1.165) is 16.8 Å². The molecule has 3 aromatic rings. The van der Waals surface area contributed by atoms with E-state index in [9.17, 15) is 9.59 Å². The minimum Gasteiger partial charge on any atom is -0.343 e. The summed E-state index contributed by atoms with van der Waals surface area (Å²) in [4.78, 5) is 30.7. The van der Waals surface area contributed by atoms with Gasteiger partial charge in [-0.3, -0.25) is 14.2 Å². The summed E-state index contributed by atoms with van der Waals surface area (Å²) in [5.41, 5.74) is 3.14. The summed E-state index contributed by atoms with van der Waals surface area (Å²) >= 11 is 0. The van der Waals surface area contributed by atoms with Gasteiger partial charge in [0.1, 0.15) is 18.3 Å². The standard InChI is InChI=1S/C19H20N6O2/c1-13-7-14(2)9-15(8-13)25-18-16(10-22-25)19(27)24(12-21-18)11-17(26)23(3)6-4-5-20/h7-10,12H,4,6,11H2,1-3H3. The van der Waals surface area contributed by atoms with Crippen molar-refractivity contribution in [3.8, 4) is 11.8 Å². The van der Waals surface area contributed by atoms with Gasteiger partial charge >= 0.3 is 0 Å². The maximum atomic E-state index is 12.7. The van der Waals surface area contributed by atoms with Crippen molar-refractivity contribution in [1.29, 1.82) is 5.26 Å². The molecule has 8 nitrogen and oxygen atoms in total. The lowest BCUT2D eigenvalue weighted by Gasteiger charge is -2.16. The summed E-state index contributed by atoms with van der Waals surface area (Å²) < 4.78 is 2.89. The van der Waals surface area contributed by atoms with Gasteiger partial charge in [-0.2, -0.15) is 10.4 Å². The molecule has 0 aliphatic heterocycles. The van der Waals surface area contributed by atoms with Gasteiger partial charge in [0.2, 0.25) is 5.91 Å². The second-order valence-electron chi connectivity index (χ2n) is 6.54. The van der Waals surface area contributed by atoms with Gasteiger partial charge in [-0.25, -0.2) is 9.67 Å². The molecular formula is C19H20N6O2. The molecule has 27 heavy (non-hydrogen) atoms. The first-order valence-electron chi connectivity index (χ1n) is 8.53. The third kappa shape index (κ3) is 3.72. The Hall–Kier alpha value is -3.47. The molecule has 2 heterocycles. The maximum absolute atomic E-state index is 12.7. The summed E-state index contributed by atoms with van der Waals surface area (Å²) in [6.07, 6.45) is 3.08. The fraction of sp³-hybridized carbons (Fsp3) is 0.316. The number of likely N-dealkylation sites (N-methyl/N-ethyl adjacent to an activating group) is 1. The largest absolute Gasteiger partial charge is 0.343 e. The van der Waals surface area contributed by atoms with E-state index in [0.29, 0.717) is 17.6 Å². The van der Waals surface area contributed by atoms with Crippen molar-refractivity contribution in [1.82, 2.24) is 24.2 Å². The normalized spacial score (nSPS) is 10.7. The van der Waals surface area contributed by atoms with E-state index in [4.69, 9.17) is 5.26 Å². The molecular weight excluding hydrogens is 344 g/mol. The molecule has 0 saturated carbocycles. The highest BCUT2D eigenvalue weighted by Gasteiger charge is 2.15. The van der Waals surface area contributed by atoms with Crippen molar-refractivity contribution in [2.45, 2.75) is 26.8 Å². The number of rotatable bonds is 5. The number of amides is 1. The van der Waals surface area contributed by atoms with Crippen LogP contribution in [0, 0.1) is 25.2 Å². The van der Waals surface area contributed by atoms with Gasteiger partial charge in [0.15, 0.2) is 5.65 Å². The Morgan fingerprint density at radius 3 is 2.63 bits per heavy atom. The van der Waals surface area contributed by atoms with Crippen LogP contribution in [0.3, 0.4) is 0 Å². The Morgan fingerprint density at radius 2 is 1.96 bits per heavy atom. The molecule has 1 aromatic carbocycles. The Kier molecular flexibility index (Phi) is 5.03. The third-order valence-corrected chi connectivity index (χ3v) is 4.30. The number of aromatic nitrogens is 4. The first-order chi connectivity index (χ1) is 12.9. The third-order valence-electron chi connectivity index (χ3n) is 4.30. The zero-order valence-corrected chi connectivity index (χ0v) is 15.5. The van der Waals surface area contributed by atoms with Gasteiger partial charge in [0.25, 0.3) is 5.56 Å². The first kappa shape index (κ1) is 18.3. The van der Waals surface area contributed by atoms with Gasteiger partial charge in [-0.1, -0.05) is 6.07 Å². The van der Waals surface area contributed by atoms with Gasteiger partial charge in [-0.05, 0) is 37.1 Å². The highest BCUT2D eigenvalue weighted by atomic mass is 16.2. The van der Waals surface area contributed by atoms with Crippen LogP contribution in [0.2, 0.25) is 0 Å². The molecule has 0 fully saturated rings. The molecule has 2 aromatic heterocycles. The van der Waals surface area contributed by atoms with Crippen molar-refractivity contribution in [3.05, 3.63) is 52.2 Å². The highest BCUT2D eigenvalue weighted by molar-refractivity contribution is 5.77. The molecule has 0 aliphatic carbocycles. The first-order valence-corrected chi connectivity index (χ1v) is 8.53. The van der Waals surface area contributed by atoms with Crippen molar-refractivity contribution >= 4 is 16.9 Å². The number of nitrogens with zero attached hydrogens (tertiary/aromatic N) is 6. The van der Waals surface area contributed by atoms with E-state index < -0.39 is 0 Å². The second kappa shape index (κ2) is 7.41. The van der Waals surface area contributed by atoms with Gasteiger partial charge < -0.3 is 4.90 Å². The van der Waals surface area contributed by atoms with Crippen LogP contribution < -0.4 is 5.56 Å². The monoisotopic (exact) mass is 364 g/mol. The van der Waals surface area contributed by atoms with Crippen LogP contribution in [-0.4, -0.2) is 43.7 Å². The minimum atomic E-state index is -0.322. The summed E-state index contributed by atoms with van der Waals surface area (Å²) in [5.74, 6) is -0.254. The lowest BCUT2D eigenvalue weighted by atomic mass is 10.1. The fourth-order valence-electron chi connectivity index (χ4n) is 2.93. The molecule has 0 atom stereocenters. The summed E-state index contributed by atoms with van der Waals surface area (Å²) in [7, 11) is 1.61. The number of hydrogen-bond donors (Lipinski definition) is 0. The molecule has 0 N–H and O–H groups in total. The highest BCUT2D eigenvalue weighted by Crippen LogP contribution is 2.17. The summed E-state index contributed by atoms with van der Waals surface area (Å²) in [6.45, 7) is 4.19. The van der Waals surface area contributed by atoms with E-state index in [-0.39, 0.29) is 24.4 Å². The quantitative estimate of drug-likeness (QED) is 0.685. The van der Waals surface area contributed by atoms with Gasteiger partial charge in [0, 0.05) is 13.6 Å². The number of hydrogen-bond acceptors (Lipinski definition) is 5. The van der Waals surface area contributed by atoms with Crippen molar-refractivity contribution in [2.24, 2.45) is 0 Å². The summed E-state index contributed by atoms with van der Waals surface area (Å²) in [5, 5.41) is 13.3. The Labute approximate surface area is 156 Å². The van der Waals surface area contributed by atoms with Crippen LogP contribution in [0.15, 0.2) is 35.5 Å². The van der Waals surface area contributed by atoms with Crippen LogP contribution in [0.25, 0.3) is 16.7 Å². The van der Waals surface area contributed by atoms with Crippen LogP contribution in [0.4, 0.5) is 0 Å². The SMILES string of the molecule is Cc1cc(C)cc(-n2ncc3c(=O)n(CC(=O)N(C)CCC#N)cnc32)c1. The lowest BCUT2D eigenvalue weighted by molar-refractivity contribution is -0.130. The zero-order chi connectivity index (χ0) is 19.6. The number of carbonyl (C=O) groups excluding carboxylic acids is 1. The van der Waals surface area contributed by atoms with Crippen LogP contribution in [-0.2, 0) is 11.3 Å². The van der Waals surface area contributed by atoms with Crippen molar-refractivity contribution in [3.63, 3.8) is 0 Å². The topological polar surface area (TPSA) is 96.8 Å².